The van der Waals surface area contributed by atoms with E-state index in [4.69, 9.17) is 46.9 Å². The van der Waals surface area contributed by atoms with Crippen LogP contribution >= 0.6 is 23.2 Å². The Kier molecular flexibility index (Phi) is 7.58. The largest absolute Gasteiger partial charge is 0.423 e. The van der Waals surface area contributed by atoms with Crippen LogP contribution in [0.5, 0.6) is 0 Å². The molecule has 0 heterocycles. The number of esters is 1. The van der Waals surface area contributed by atoms with E-state index in [0.717, 1.165) is 0 Å². The first kappa shape index (κ1) is 19.7. The van der Waals surface area contributed by atoms with E-state index < -0.39 is 17.5 Å². The third-order valence-corrected chi connectivity index (χ3v) is 3.57. The molecule has 0 amide bonds. The lowest BCUT2D eigenvalue weighted by atomic mass is 9.88. The van der Waals surface area contributed by atoms with Crippen molar-refractivity contribution in [3.63, 3.8) is 0 Å². The second kappa shape index (κ2) is 8.47. The van der Waals surface area contributed by atoms with Gasteiger partial charge < -0.3 is 23.7 Å². The Balaban J connectivity index is 3.34. The molecule has 0 spiro atoms. The van der Waals surface area contributed by atoms with Gasteiger partial charge in [-0.2, -0.15) is 0 Å². The number of hydrogen-bond donors (Lipinski definition) is 0. The second-order valence-corrected chi connectivity index (χ2v) is 4.86. The van der Waals surface area contributed by atoms with Crippen molar-refractivity contribution in [2.75, 3.05) is 32.3 Å². The molecule has 0 N–H and O–H groups in total. The highest BCUT2D eigenvalue weighted by atomic mass is 35.5. The highest BCUT2D eigenvalue weighted by Gasteiger charge is 2.73. The van der Waals surface area contributed by atoms with E-state index in [1.54, 1.807) is 27.7 Å². The minimum Gasteiger partial charge on any atom is -0.423 e. The number of alkyl halides is 1. The van der Waals surface area contributed by atoms with Crippen molar-refractivity contribution < 1.29 is 28.5 Å². The molecule has 0 fully saturated rings. The molecule has 0 atom stereocenters. The highest BCUT2D eigenvalue weighted by Crippen LogP contribution is 2.56. The summed E-state index contributed by atoms with van der Waals surface area (Å²) >= 11 is 11.8. The summed E-state index contributed by atoms with van der Waals surface area (Å²) < 4.78 is 28.0. The Hall–Kier alpha value is -0.370. The van der Waals surface area contributed by atoms with Crippen molar-refractivity contribution in [3.05, 3.63) is 10.8 Å². The highest BCUT2D eigenvalue weighted by molar-refractivity contribution is 6.32. The number of halogens is 2. The van der Waals surface area contributed by atoms with Gasteiger partial charge in [-0.1, -0.05) is 11.6 Å². The monoisotopic (exact) mass is 356 g/mol. The van der Waals surface area contributed by atoms with E-state index in [1.807, 2.05) is 0 Å². The summed E-state index contributed by atoms with van der Waals surface area (Å²) in [6, 6.07) is 0. The molecule has 128 valence electrons. The number of ether oxygens (including phenoxy) is 5. The molecular weight excluding hydrogens is 335 g/mol. The Morgan fingerprint density at radius 2 is 1.32 bits per heavy atom. The van der Waals surface area contributed by atoms with Crippen molar-refractivity contribution in [1.82, 2.24) is 0 Å². The lowest BCUT2D eigenvalue weighted by Crippen LogP contribution is -2.70. The van der Waals surface area contributed by atoms with Crippen molar-refractivity contribution in [2.24, 2.45) is 0 Å². The standard InChI is InChI=1S/C14H22Cl2O6/c1-5-18-13(19-6-2)11(16)12(22-10(17)9-15)14(13,20-7-3)21-8-4/h5-9H2,1-4H3. The molecule has 0 aromatic carbocycles. The number of carbonyl (C=O) groups excluding carboxylic acids is 1. The van der Waals surface area contributed by atoms with Gasteiger partial charge in [0.05, 0.1) is 0 Å². The van der Waals surface area contributed by atoms with E-state index in [1.165, 1.54) is 0 Å². The second-order valence-electron chi connectivity index (χ2n) is 4.22. The predicted molar refractivity (Wildman–Crippen MR) is 81.7 cm³/mol. The third kappa shape index (κ3) is 3.13. The number of carbonyl (C=O) groups is 1. The zero-order chi connectivity index (χ0) is 16.8. The zero-order valence-corrected chi connectivity index (χ0v) is 14.8. The summed E-state index contributed by atoms with van der Waals surface area (Å²) in [4.78, 5) is 11.5. The fourth-order valence-corrected chi connectivity index (χ4v) is 2.76. The van der Waals surface area contributed by atoms with Gasteiger partial charge in [-0.05, 0) is 27.7 Å². The van der Waals surface area contributed by atoms with E-state index in [-0.39, 0.29) is 29.9 Å². The van der Waals surface area contributed by atoms with E-state index in [0.29, 0.717) is 13.2 Å². The lowest BCUT2D eigenvalue weighted by Gasteiger charge is -2.54. The molecule has 0 radical (unpaired) electrons. The zero-order valence-electron chi connectivity index (χ0n) is 13.2. The molecule has 22 heavy (non-hydrogen) atoms. The topological polar surface area (TPSA) is 63.2 Å². The number of hydrogen-bond acceptors (Lipinski definition) is 6. The average molecular weight is 357 g/mol. The summed E-state index contributed by atoms with van der Waals surface area (Å²) in [5, 5.41) is 0.0802. The summed E-state index contributed by atoms with van der Waals surface area (Å²) in [6.07, 6.45) is 0. The van der Waals surface area contributed by atoms with Gasteiger partial charge in [0.1, 0.15) is 10.9 Å². The Labute approximate surface area is 140 Å². The normalized spacial score (nSPS) is 19.0. The number of rotatable bonds is 10. The van der Waals surface area contributed by atoms with Gasteiger partial charge in [0, 0.05) is 26.4 Å². The Morgan fingerprint density at radius 1 is 0.909 bits per heavy atom. The van der Waals surface area contributed by atoms with Gasteiger partial charge >= 0.3 is 5.97 Å². The molecule has 0 aromatic heterocycles. The van der Waals surface area contributed by atoms with Crippen LogP contribution in [-0.4, -0.2) is 49.9 Å². The van der Waals surface area contributed by atoms with Gasteiger partial charge in [0.2, 0.25) is 0 Å². The molecule has 6 nitrogen and oxygen atoms in total. The first-order valence-electron chi connectivity index (χ1n) is 7.22. The van der Waals surface area contributed by atoms with E-state index >= 15 is 0 Å². The molecule has 0 bridgehead atoms. The maximum atomic E-state index is 11.5. The van der Waals surface area contributed by atoms with Crippen LogP contribution in [0.3, 0.4) is 0 Å². The maximum absolute atomic E-state index is 11.5. The van der Waals surface area contributed by atoms with Crippen LogP contribution < -0.4 is 0 Å². The molecule has 1 rings (SSSR count). The summed E-state index contributed by atoms with van der Waals surface area (Å²) in [6.45, 7) is 8.27. The van der Waals surface area contributed by atoms with Gasteiger partial charge in [0.25, 0.3) is 11.6 Å². The third-order valence-electron chi connectivity index (χ3n) is 2.94. The van der Waals surface area contributed by atoms with Crippen LogP contribution in [0.1, 0.15) is 27.7 Å². The van der Waals surface area contributed by atoms with Gasteiger partial charge in [-0.15, -0.1) is 11.6 Å². The molecule has 1 aliphatic carbocycles. The molecular formula is C14H22Cl2O6. The molecule has 8 heteroatoms. The van der Waals surface area contributed by atoms with Gasteiger partial charge in [-0.3, -0.25) is 4.79 Å². The van der Waals surface area contributed by atoms with Gasteiger partial charge in [-0.25, -0.2) is 0 Å². The van der Waals surface area contributed by atoms with Crippen molar-refractivity contribution in [1.29, 1.82) is 0 Å². The summed E-state index contributed by atoms with van der Waals surface area (Å²) in [5.74, 6) is -3.98. The van der Waals surface area contributed by atoms with Crippen LogP contribution in [0.4, 0.5) is 0 Å². The molecule has 0 saturated heterocycles. The SMILES string of the molecule is CCOC1(OCC)C(Cl)=C(OC(=O)CCl)C1(OCC)OCC. The van der Waals surface area contributed by atoms with Crippen LogP contribution in [-0.2, 0) is 28.5 Å². The summed E-state index contributed by atoms with van der Waals surface area (Å²) in [5.41, 5.74) is 0. The smallest absolute Gasteiger partial charge is 0.326 e. The van der Waals surface area contributed by atoms with Crippen LogP contribution in [0, 0.1) is 0 Å². The van der Waals surface area contributed by atoms with Gasteiger partial charge in [0.15, 0.2) is 5.76 Å². The minimum atomic E-state index is -1.54. The quantitative estimate of drug-likeness (QED) is 0.340. The van der Waals surface area contributed by atoms with E-state index in [2.05, 4.69) is 0 Å². The first-order valence-corrected chi connectivity index (χ1v) is 8.13. The summed E-state index contributed by atoms with van der Waals surface area (Å²) in [7, 11) is 0. The molecule has 1 aliphatic rings. The molecule has 0 saturated carbocycles. The Morgan fingerprint density at radius 3 is 1.68 bits per heavy atom. The van der Waals surface area contributed by atoms with Crippen LogP contribution in [0.25, 0.3) is 0 Å². The van der Waals surface area contributed by atoms with Crippen molar-refractivity contribution >= 4 is 29.2 Å². The fraction of sp³-hybridized carbons (Fsp3) is 0.786. The lowest BCUT2D eigenvalue weighted by molar-refractivity contribution is -0.403. The van der Waals surface area contributed by atoms with Crippen LogP contribution in [0.15, 0.2) is 10.8 Å². The average Bonchev–Trinajstić information content (AvgIpc) is 2.51. The first-order chi connectivity index (χ1) is 10.5. The molecule has 0 aliphatic heterocycles. The minimum absolute atomic E-state index is 0.0189. The fourth-order valence-electron chi connectivity index (χ4n) is 2.31. The maximum Gasteiger partial charge on any atom is 0.326 e. The van der Waals surface area contributed by atoms with Crippen LogP contribution in [0.2, 0.25) is 0 Å². The van der Waals surface area contributed by atoms with E-state index in [9.17, 15) is 4.79 Å². The van der Waals surface area contributed by atoms with Crippen molar-refractivity contribution in [3.8, 4) is 0 Å². The molecule has 0 aromatic rings. The Bertz CT molecular complexity index is 412. The predicted octanol–water partition coefficient (Wildman–Crippen LogP) is 2.77. The molecule has 0 unspecified atom stereocenters. The van der Waals surface area contributed by atoms with Crippen molar-refractivity contribution in [2.45, 2.75) is 39.3 Å².